The van der Waals surface area contributed by atoms with Crippen molar-refractivity contribution in [3.63, 3.8) is 0 Å². The third kappa shape index (κ3) is 3.31. The molecule has 5 heteroatoms. The van der Waals surface area contributed by atoms with Gasteiger partial charge < -0.3 is 4.90 Å². The van der Waals surface area contributed by atoms with E-state index in [0.717, 1.165) is 36.5 Å². The number of benzene rings is 1. The van der Waals surface area contributed by atoms with Gasteiger partial charge >= 0.3 is 0 Å². The van der Waals surface area contributed by atoms with Crippen LogP contribution in [0.15, 0.2) is 67.3 Å². The molecule has 0 saturated carbocycles. The molecule has 2 aromatic heterocycles. The summed E-state index contributed by atoms with van der Waals surface area (Å²) in [5.74, 6) is 1.24. The Bertz CT molecular complexity index is 845. The molecule has 1 amide bonds. The molecule has 1 fully saturated rings. The van der Waals surface area contributed by atoms with Gasteiger partial charge in [-0.25, -0.2) is 9.97 Å². The molecule has 3 aromatic rings. The minimum Gasteiger partial charge on any atom is -0.338 e. The van der Waals surface area contributed by atoms with Crippen molar-refractivity contribution in [1.29, 1.82) is 0 Å². The molecule has 0 radical (unpaired) electrons. The summed E-state index contributed by atoms with van der Waals surface area (Å²) in [4.78, 5) is 23.5. The van der Waals surface area contributed by atoms with E-state index in [2.05, 4.69) is 11.1 Å². The molecule has 1 aliphatic rings. The minimum atomic E-state index is 0.107. The summed E-state index contributed by atoms with van der Waals surface area (Å²) >= 11 is 0. The monoisotopic (exact) mass is 332 g/mol. The molecule has 25 heavy (non-hydrogen) atoms. The molecule has 0 bridgehead atoms. The van der Waals surface area contributed by atoms with E-state index in [1.807, 2.05) is 58.1 Å². The lowest BCUT2D eigenvalue weighted by Crippen LogP contribution is -2.39. The molecular formula is C20H20N4O. The molecule has 5 nitrogen and oxygen atoms in total. The first-order valence-corrected chi connectivity index (χ1v) is 8.61. The fourth-order valence-corrected chi connectivity index (χ4v) is 3.37. The highest BCUT2D eigenvalue weighted by molar-refractivity contribution is 5.94. The third-order valence-electron chi connectivity index (χ3n) is 4.67. The van der Waals surface area contributed by atoms with Crippen molar-refractivity contribution < 1.29 is 4.79 Å². The number of piperidine rings is 1. The van der Waals surface area contributed by atoms with Crippen LogP contribution in [0.4, 0.5) is 0 Å². The fourth-order valence-electron chi connectivity index (χ4n) is 3.37. The van der Waals surface area contributed by atoms with E-state index >= 15 is 0 Å². The van der Waals surface area contributed by atoms with E-state index in [0.29, 0.717) is 6.54 Å². The standard InChI is InChI=1S/C20H20N4O/c25-20(16-6-2-1-3-7-16)23-12-5-8-17(14-23)18-9-4-10-19(22-18)24-13-11-21-15-24/h1-4,6-7,9-11,13,15,17H,5,8,12,14H2/t17-/m1/s1. The van der Waals surface area contributed by atoms with Crippen LogP contribution in [0.2, 0.25) is 0 Å². The van der Waals surface area contributed by atoms with Gasteiger partial charge in [-0.15, -0.1) is 0 Å². The molecule has 1 aromatic carbocycles. The average molecular weight is 332 g/mol. The van der Waals surface area contributed by atoms with Crippen LogP contribution in [0, 0.1) is 0 Å². The van der Waals surface area contributed by atoms with Crippen LogP contribution in [0.1, 0.15) is 34.8 Å². The number of nitrogens with zero attached hydrogens (tertiary/aromatic N) is 4. The SMILES string of the molecule is O=C(c1ccccc1)N1CCC[C@@H](c2cccc(-n3ccnc3)n2)C1. The van der Waals surface area contributed by atoms with Crippen molar-refractivity contribution in [3.8, 4) is 5.82 Å². The Labute approximate surface area is 147 Å². The third-order valence-corrected chi connectivity index (χ3v) is 4.67. The summed E-state index contributed by atoms with van der Waals surface area (Å²) in [5.41, 5.74) is 1.79. The lowest BCUT2D eigenvalue weighted by Gasteiger charge is -2.32. The van der Waals surface area contributed by atoms with Crippen LogP contribution in [-0.2, 0) is 0 Å². The number of hydrogen-bond donors (Lipinski definition) is 0. The van der Waals surface area contributed by atoms with Crippen molar-refractivity contribution in [1.82, 2.24) is 19.4 Å². The number of amides is 1. The number of rotatable bonds is 3. The quantitative estimate of drug-likeness (QED) is 0.739. The Hall–Kier alpha value is -2.95. The molecule has 4 rings (SSSR count). The van der Waals surface area contributed by atoms with Crippen LogP contribution in [-0.4, -0.2) is 38.4 Å². The summed E-state index contributed by atoms with van der Waals surface area (Å²) in [5, 5.41) is 0. The fraction of sp³-hybridized carbons (Fsp3) is 0.250. The van der Waals surface area contributed by atoms with Crippen LogP contribution in [0.3, 0.4) is 0 Å². The Morgan fingerprint density at radius 3 is 2.76 bits per heavy atom. The van der Waals surface area contributed by atoms with Crippen LogP contribution < -0.4 is 0 Å². The van der Waals surface area contributed by atoms with Crippen LogP contribution >= 0.6 is 0 Å². The van der Waals surface area contributed by atoms with E-state index in [-0.39, 0.29) is 11.8 Å². The summed E-state index contributed by atoms with van der Waals surface area (Å²) < 4.78 is 1.90. The summed E-state index contributed by atoms with van der Waals surface area (Å²) in [6.07, 6.45) is 7.44. The second-order valence-electron chi connectivity index (χ2n) is 6.35. The van der Waals surface area contributed by atoms with Gasteiger partial charge in [-0.3, -0.25) is 9.36 Å². The second-order valence-corrected chi connectivity index (χ2v) is 6.35. The highest BCUT2D eigenvalue weighted by Gasteiger charge is 2.26. The highest BCUT2D eigenvalue weighted by atomic mass is 16.2. The number of imidazole rings is 1. The van der Waals surface area contributed by atoms with Crippen molar-refractivity contribution in [3.05, 3.63) is 78.5 Å². The van der Waals surface area contributed by atoms with Crippen molar-refractivity contribution in [2.45, 2.75) is 18.8 Å². The molecule has 3 heterocycles. The topological polar surface area (TPSA) is 51.0 Å². The maximum absolute atomic E-state index is 12.7. The van der Waals surface area contributed by atoms with Crippen molar-refractivity contribution in [2.24, 2.45) is 0 Å². The molecule has 0 spiro atoms. The smallest absolute Gasteiger partial charge is 0.253 e. The summed E-state index contributed by atoms with van der Waals surface area (Å²) in [7, 11) is 0. The molecule has 0 unspecified atom stereocenters. The molecule has 1 aliphatic heterocycles. The van der Waals surface area contributed by atoms with E-state index in [1.165, 1.54) is 0 Å². The zero-order chi connectivity index (χ0) is 17.1. The van der Waals surface area contributed by atoms with E-state index < -0.39 is 0 Å². The van der Waals surface area contributed by atoms with Gasteiger partial charge in [-0.2, -0.15) is 0 Å². The number of pyridine rings is 1. The number of likely N-dealkylation sites (tertiary alicyclic amines) is 1. The first-order chi connectivity index (χ1) is 12.3. The van der Waals surface area contributed by atoms with Gasteiger partial charge in [0, 0.05) is 42.7 Å². The molecule has 1 saturated heterocycles. The van der Waals surface area contributed by atoms with Crippen molar-refractivity contribution in [2.75, 3.05) is 13.1 Å². The number of carbonyl (C=O) groups is 1. The lowest BCUT2D eigenvalue weighted by atomic mass is 9.93. The van der Waals surface area contributed by atoms with Gasteiger partial charge in [0.1, 0.15) is 12.1 Å². The molecular weight excluding hydrogens is 312 g/mol. The molecule has 126 valence electrons. The van der Waals surface area contributed by atoms with Crippen molar-refractivity contribution >= 4 is 5.91 Å². The van der Waals surface area contributed by atoms with Crippen LogP contribution in [0.5, 0.6) is 0 Å². The van der Waals surface area contributed by atoms with E-state index in [1.54, 1.807) is 12.5 Å². The molecule has 0 N–H and O–H groups in total. The summed E-state index contributed by atoms with van der Waals surface area (Å²) in [6.45, 7) is 1.53. The Balaban J connectivity index is 1.54. The predicted molar refractivity (Wildman–Crippen MR) is 95.7 cm³/mol. The zero-order valence-electron chi connectivity index (χ0n) is 14.0. The van der Waals surface area contributed by atoms with Gasteiger partial charge in [-0.05, 0) is 37.1 Å². The first kappa shape index (κ1) is 15.6. The normalized spacial score (nSPS) is 17.4. The van der Waals surface area contributed by atoms with Gasteiger partial charge in [0.25, 0.3) is 5.91 Å². The van der Waals surface area contributed by atoms with Gasteiger partial charge in [-0.1, -0.05) is 24.3 Å². The maximum atomic E-state index is 12.7. The highest BCUT2D eigenvalue weighted by Crippen LogP contribution is 2.27. The largest absolute Gasteiger partial charge is 0.338 e. The predicted octanol–water partition coefficient (Wildman–Crippen LogP) is 3.29. The van der Waals surface area contributed by atoms with E-state index in [4.69, 9.17) is 4.98 Å². The van der Waals surface area contributed by atoms with Gasteiger partial charge in [0.2, 0.25) is 0 Å². The molecule has 1 atom stereocenters. The Morgan fingerprint density at radius 2 is 1.96 bits per heavy atom. The minimum absolute atomic E-state index is 0.107. The second kappa shape index (κ2) is 6.89. The number of carbonyl (C=O) groups excluding carboxylic acids is 1. The Kier molecular flexibility index (Phi) is 4.29. The maximum Gasteiger partial charge on any atom is 0.253 e. The number of aromatic nitrogens is 3. The zero-order valence-corrected chi connectivity index (χ0v) is 14.0. The van der Waals surface area contributed by atoms with Gasteiger partial charge in [0.05, 0.1) is 0 Å². The Morgan fingerprint density at radius 1 is 1.08 bits per heavy atom. The summed E-state index contributed by atoms with van der Waals surface area (Å²) in [6, 6.07) is 15.6. The first-order valence-electron chi connectivity index (χ1n) is 8.61. The lowest BCUT2D eigenvalue weighted by molar-refractivity contribution is 0.0706. The van der Waals surface area contributed by atoms with E-state index in [9.17, 15) is 4.79 Å². The number of hydrogen-bond acceptors (Lipinski definition) is 3. The van der Waals surface area contributed by atoms with Crippen LogP contribution in [0.25, 0.3) is 5.82 Å². The average Bonchev–Trinajstić information content (AvgIpc) is 3.23. The molecule has 0 aliphatic carbocycles. The van der Waals surface area contributed by atoms with Gasteiger partial charge in [0.15, 0.2) is 0 Å².